The monoisotopic (exact) mass is 460 g/mol. The molecule has 0 saturated carbocycles. The number of fused-ring (bicyclic) bond motifs is 1. The van der Waals surface area contributed by atoms with Crippen molar-refractivity contribution in [3.05, 3.63) is 70.8 Å². The number of nitrogens with zero attached hydrogens (tertiary/aromatic N) is 5. The lowest BCUT2D eigenvalue weighted by molar-refractivity contribution is -0.141. The Bertz CT molecular complexity index is 1300. The van der Waals surface area contributed by atoms with E-state index in [9.17, 15) is 18.0 Å². The van der Waals surface area contributed by atoms with Crippen LogP contribution >= 0.6 is 11.6 Å². The van der Waals surface area contributed by atoms with E-state index in [1.165, 1.54) is 13.2 Å². The highest BCUT2D eigenvalue weighted by Gasteiger charge is 2.35. The Morgan fingerprint density at radius 2 is 1.81 bits per heavy atom. The fourth-order valence-corrected chi connectivity index (χ4v) is 3.29. The van der Waals surface area contributed by atoms with Crippen LogP contribution in [-0.2, 0) is 13.2 Å². The molecule has 1 N–H and O–H groups in total. The van der Waals surface area contributed by atoms with E-state index in [2.05, 4.69) is 25.4 Å². The summed E-state index contributed by atoms with van der Waals surface area (Å²) in [6.45, 7) is 1.66. The number of carbonyl (C=O) groups is 1. The summed E-state index contributed by atoms with van der Waals surface area (Å²) in [6.07, 6.45) is -3.19. The van der Waals surface area contributed by atoms with E-state index in [0.717, 1.165) is 4.68 Å². The van der Waals surface area contributed by atoms with Gasteiger partial charge in [-0.15, -0.1) is 0 Å². The highest BCUT2D eigenvalue weighted by atomic mass is 35.5. The molecule has 164 valence electrons. The molecule has 0 saturated heterocycles. The van der Waals surface area contributed by atoms with Crippen molar-refractivity contribution in [1.29, 1.82) is 0 Å². The number of hydrogen-bond acceptors (Lipinski definition) is 5. The number of pyridine rings is 1. The second kappa shape index (κ2) is 8.19. The van der Waals surface area contributed by atoms with Gasteiger partial charge in [0.1, 0.15) is 11.4 Å². The predicted molar refractivity (Wildman–Crippen MR) is 112 cm³/mol. The van der Waals surface area contributed by atoms with Gasteiger partial charge in [0.25, 0.3) is 5.91 Å². The smallest absolute Gasteiger partial charge is 0.343 e. The summed E-state index contributed by atoms with van der Waals surface area (Å²) in [5.74, 6) is -0.729. The fraction of sp³-hybridized carbons (Fsp3) is 0.190. The summed E-state index contributed by atoms with van der Waals surface area (Å²) in [7, 11) is 1.27. The minimum atomic E-state index is -4.65. The molecule has 0 aliphatic rings. The quantitative estimate of drug-likeness (QED) is 0.481. The van der Waals surface area contributed by atoms with Crippen molar-refractivity contribution in [2.45, 2.75) is 19.1 Å². The molecule has 32 heavy (non-hydrogen) atoms. The summed E-state index contributed by atoms with van der Waals surface area (Å²) in [4.78, 5) is 26.3. The normalized spacial score (nSPS) is 12.7. The molecular weight excluding hydrogens is 445 g/mol. The van der Waals surface area contributed by atoms with Crippen LogP contribution in [0.15, 0.2) is 48.7 Å². The van der Waals surface area contributed by atoms with Crippen LogP contribution in [0.3, 0.4) is 0 Å². The highest BCUT2D eigenvalue weighted by molar-refractivity contribution is 6.30. The highest BCUT2D eigenvalue weighted by Crippen LogP contribution is 2.29. The predicted octanol–water partition coefficient (Wildman–Crippen LogP) is 4.59. The van der Waals surface area contributed by atoms with Crippen LogP contribution in [0.1, 0.15) is 34.8 Å². The number of halogens is 4. The van der Waals surface area contributed by atoms with Crippen LogP contribution in [0.25, 0.3) is 22.4 Å². The fourth-order valence-electron chi connectivity index (χ4n) is 3.18. The van der Waals surface area contributed by atoms with Crippen molar-refractivity contribution < 1.29 is 18.0 Å². The first kappa shape index (κ1) is 21.7. The first-order valence-corrected chi connectivity index (χ1v) is 9.82. The zero-order valence-corrected chi connectivity index (χ0v) is 17.6. The standard InChI is InChI=1S/C21H16ClF3N6O/c1-11(27-20(32)16-9-17(21(23,24)25)30-31(16)2)18-19(15-8-7-12(22)10-26-15)29-14-6-4-3-5-13(14)28-18/h3-11H,1-2H3,(H,27,32)/t11-/m0/s1. The molecule has 11 heteroatoms. The van der Waals surface area contributed by atoms with Gasteiger partial charge in [-0.3, -0.25) is 14.5 Å². The van der Waals surface area contributed by atoms with Gasteiger partial charge in [-0.1, -0.05) is 23.7 Å². The van der Waals surface area contributed by atoms with Gasteiger partial charge in [0.15, 0.2) is 5.69 Å². The lowest BCUT2D eigenvalue weighted by Gasteiger charge is -2.17. The molecule has 1 amide bonds. The third kappa shape index (κ3) is 4.26. The average Bonchev–Trinajstić information content (AvgIpc) is 3.15. The molecule has 3 aromatic heterocycles. The zero-order valence-electron chi connectivity index (χ0n) is 16.9. The van der Waals surface area contributed by atoms with Crippen LogP contribution in [0.5, 0.6) is 0 Å². The summed E-state index contributed by atoms with van der Waals surface area (Å²) >= 11 is 5.94. The van der Waals surface area contributed by atoms with E-state index < -0.39 is 23.8 Å². The van der Waals surface area contributed by atoms with Crippen molar-refractivity contribution in [1.82, 2.24) is 30.0 Å². The van der Waals surface area contributed by atoms with Crippen LogP contribution in [0.2, 0.25) is 5.02 Å². The van der Waals surface area contributed by atoms with E-state index in [1.807, 2.05) is 6.07 Å². The number of hydrogen-bond donors (Lipinski definition) is 1. The summed E-state index contributed by atoms with van der Waals surface area (Å²) in [6, 6.07) is 10.5. The van der Waals surface area contributed by atoms with Gasteiger partial charge in [0.2, 0.25) is 0 Å². The van der Waals surface area contributed by atoms with Gasteiger partial charge in [0.05, 0.1) is 33.5 Å². The van der Waals surface area contributed by atoms with E-state index in [1.54, 1.807) is 37.3 Å². The van der Waals surface area contributed by atoms with Crippen molar-refractivity contribution in [2.75, 3.05) is 0 Å². The number of nitrogens with one attached hydrogen (secondary N) is 1. The second-order valence-corrected chi connectivity index (χ2v) is 7.48. The van der Waals surface area contributed by atoms with Crippen LogP contribution < -0.4 is 5.32 Å². The molecular formula is C21H16ClF3N6O. The number of carbonyl (C=O) groups excluding carboxylic acids is 1. The van der Waals surface area contributed by atoms with Crippen LogP contribution in [-0.4, -0.2) is 30.6 Å². The summed E-state index contributed by atoms with van der Waals surface area (Å²) in [5, 5.41) is 6.50. The van der Waals surface area contributed by atoms with Crippen molar-refractivity contribution in [3.8, 4) is 11.4 Å². The summed E-state index contributed by atoms with van der Waals surface area (Å²) in [5.41, 5.74) is 1.17. The Balaban J connectivity index is 1.72. The van der Waals surface area contributed by atoms with Gasteiger partial charge in [-0.2, -0.15) is 18.3 Å². The molecule has 4 aromatic rings. The Hall–Kier alpha value is -3.53. The molecule has 0 aliphatic heterocycles. The zero-order chi connectivity index (χ0) is 23.0. The average molecular weight is 461 g/mol. The van der Waals surface area contributed by atoms with E-state index in [4.69, 9.17) is 11.6 Å². The van der Waals surface area contributed by atoms with Crippen LogP contribution in [0.4, 0.5) is 13.2 Å². The van der Waals surface area contributed by atoms with Gasteiger partial charge in [0, 0.05) is 19.3 Å². The molecule has 0 aliphatic carbocycles. The van der Waals surface area contributed by atoms with Crippen molar-refractivity contribution in [3.63, 3.8) is 0 Å². The molecule has 1 aromatic carbocycles. The molecule has 0 unspecified atom stereocenters. The van der Waals surface area contributed by atoms with Gasteiger partial charge < -0.3 is 5.32 Å². The molecule has 1 atom stereocenters. The van der Waals surface area contributed by atoms with Gasteiger partial charge in [-0.25, -0.2) is 9.97 Å². The van der Waals surface area contributed by atoms with E-state index in [-0.39, 0.29) is 5.69 Å². The Morgan fingerprint density at radius 1 is 1.12 bits per heavy atom. The third-order valence-electron chi connectivity index (χ3n) is 4.73. The van der Waals surface area contributed by atoms with Gasteiger partial charge >= 0.3 is 6.18 Å². The molecule has 0 radical (unpaired) electrons. The second-order valence-electron chi connectivity index (χ2n) is 7.04. The lowest BCUT2D eigenvalue weighted by atomic mass is 10.1. The maximum Gasteiger partial charge on any atom is 0.435 e. The molecule has 0 bridgehead atoms. The minimum absolute atomic E-state index is 0.232. The lowest BCUT2D eigenvalue weighted by Crippen LogP contribution is -2.29. The molecule has 3 heterocycles. The van der Waals surface area contributed by atoms with E-state index in [0.29, 0.717) is 39.2 Å². The topological polar surface area (TPSA) is 85.6 Å². The van der Waals surface area contributed by atoms with Crippen LogP contribution in [0, 0.1) is 0 Å². The first-order chi connectivity index (χ1) is 15.1. The Kier molecular flexibility index (Phi) is 5.55. The van der Waals surface area contributed by atoms with Crippen molar-refractivity contribution in [2.24, 2.45) is 7.05 Å². The Labute approximate surface area is 185 Å². The number of aryl methyl sites for hydroxylation is 1. The third-order valence-corrected chi connectivity index (χ3v) is 4.95. The SMILES string of the molecule is C[C@H](NC(=O)c1cc(C(F)(F)F)nn1C)c1nc2ccccc2nc1-c1ccc(Cl)cn1. The molecule has 7 nitrogen and oxygen atoms in total. The minimum Gasteiger partial charge on any atom is -0.343 e. The molecule has 4 rings (SSSR count). The molecule has 0 spiro atoms. The maximum atomic E-state index is 12.9. The number of benzene rings is 1. The number of alkyl halides is 3. The van der Waals surface area contributed by atoms with E-state index >= 15 is 0 Å². The van der Waals surface area contributed by atoms with Crippen molar-refractivity contribution >= 4 is 28.5 Å². The number of para-hydroxylation sites is 2. The number of amides is 1. The Morgan fingerprint density at radius 3 is 2.41 bits per heavy atom. The molecule has 0 fully saturated rings. The largest absolute Gasteiger partial charge is 0.435 e. The maximum absolute atomic E-state index is 12.9. The summed E-state index contributed by atoms with van der Waals surface area (Å²) < 4.78 is 39.7. The van der Waals surface area contributed by atoms with Gasteiger partial charge in [-0.05, 0) is 31.2 Å². The number of aromatic nitrogens is 5. The number of rotatable bonds is 4. The first-order valence-electron chi connectivity index (χ1n) is 9.44.